The Labute approximate surface area is 302 Å². The van der Waals surface area contributed by atoms with Crippen LogP contribution in [0.3, 0.4) is 0 Å². The highest BCUT2D eigenvalue weighted by Gasteiger charge is 2.25. The molecule has 0 aliphatic heterocycles. The third-order valence-electron chi connectivity index (χ3n) is 8.62. The molecule has 49 heavy (non-hydrogen) atoms. The summed E-state index contributed by atoms with van der Waals surface area (Å²) in [6, 6.07) is 0. The van der Waals surface area contributed by atoms with Gasteiger partial charge in [0, 0.05) is 19.6 Å². The molecule has 0 aromatic carbocycles. The molecule has 2 unspecified atom stereocenters. The minimum Gasteiger partial charge on any atom is -0.457 e. The molecule has 290 valence electrons. The Morgan fingerprint density at radius 3 is 1.63 bits per heavy atom. The van der Waals surface area contributed by atoms with Crippen molar-refractivity contribution in [2.75, 3.05) is 33.0 Å². The smallest absolute Gasteiger partial charge is 0.457 e. The van der Waals surface area contributed by atoms with E-state index in [0.29, 0.717) is 13.0 Å². The van der Waals surface area contributed by atoms with Crippen LogP contribution in [0.5, 0.6) is 0 Å². The van der Waals surface area contributed by atoms with E-state index in [4.69, 9.17) is 24.3 Å². The molecule has 0 bridgehead atoms. The van der Waals surface area contributed by atoms with Gasteiger partial charge in [-0.15, -0.1) is 0 Å². The lowest BCUT2D eigenvalue weighted by molar-refractivity contribution is -0.154. The van der Waals surface area contributed by atoms with Gasteiger partial charge in [0.25, 0.3) is 0 Å². The molecule has 0 saturated heterocycles. The highest BCUT2D eigenvalue weighted by molar-refractivity contribution is 7.47. The average Bonchev–Trinajstić information content (AvgIpc) is 3.09. The molecule has 0 aromatic heterocycles. The van der Waals surface area contributed by atoms with E-state index in [1.54, 1.807) is 0 Å². The molecule has 0 aliphatic rings. The van der Waals surface area contributed by atoms with Crippen molar-refractivity contribution in [3.63, 3.8) is 0 Å². The summed E-state index contributed by atoms with van der Waals surface area (Å²) in [6.07, 6.45) is 40.5. The molecule has 9 heteroatoms. The molecule has 0 rings (SSSR count). The topological polar surface area (TPSA) is 117 Å². The molecular weight excluding hydrogens is 637 g/mol. The number of phosphoric ester groups is 1. The molecule has 0 amide bonds. The van der Waals surface area contributed by atoms with Crippen molar-refractivity contribution < 1.29 is 32.8 Å². The van der Waals surface area contributed by atoms with E-state index >= 15 is 0 Å². The Hall–Kier alpha value is -1.02. The SMILES string of the molecule is CCCCC/C=C\C/C=C\CCCCCCCCCCCCOCC(COP(=O)(O)OCCN)OC(=O)CCCCCCCCCCCC. The predicted octanol–water partition coefficient (Wildman–Crippen LogP) is 11.7. The Balaban J connectivity index is 3.97. The number of hydrogen-bond acceptors (Lipinski definition) is 7. The van der Waals surface area contributed by atoms with Crippen LogP contribution >= 0.6 is 7.82 Å². The number of esters is 1. The Kier molecular flexibility index (Phi) is 37.4. The normalized spacial score (nSPS) is 13.8. The summed E-state index contributed by atoms with van der Waals surface area (Å²) in [7, 11) is -4.27. The first-order chi connectivity index (χ1) is 23.9. The molecule has 3 N–H and O–H groups in total. The van der Waals surface area contributed by atoms with Crippen molar-refractivity contribution in [1.82, 2.24) is 0 Å². The van der Waals surface area contributed by atoms with Gasteiger partial charge in [0.1, 0.15) is 6.10 Å². The lowest BCUT2D eigenvalue weighted by Crippen LogP contribution is -2.28. The van der Waals surface area contributed by atoms with E-state index in [1.165, 1.54) is 128 Å². The third kappa shape index (κ3) is 38.1. The van der Waals surface area contributed by atoms with Gasteiger partial charge >= 0.3 is 13.8 Å². The molecule has 0 aromatic rings. The van der Waals surface area contributed by atoms with Crippen molar-refractivity contribution in [1.29, 1.82) is 0 Å². The highest BCUT2D eigenvalue weighted by atomic mass is 31.2. The van der Waals surface area contributed by atoms with E-state index in [0.717, 1.165) is 38.5 Å². The predicted molar refractivity (Wildman–Crippen MR) is 206 cm³/mol. The van der Waals surface area contributed by atoms with Crippen LogP contribution in [-0.4, -0.2) is 49.9 Å². The van der Waals surface area contributed by atoms with Gasteiger partial charge in [0.15, 0.2) is 0 Å². The second-order valence-electron chi connectivity index (χ2n) is 13.5. The minimum atomic E-state index is -4.27. The van der Waals surface area contributed by atoms with Crippen molar-refractivity contribution in [2.45, 2.75) is 193 Å². The fourth-order valence-corrected chi connectivity index (χ4v) is 6.38. The number of unbranched alkanes of at least 4 members (excludes halogenated alkanes) is 22. The number of phosphoric acid groups is 1. The maximum atomic E-state index is 12.5. The van der Waals surface area contributed by atoms with E-state index in [-0.39, 0.29) is 32.3 Å². The second-order valence-corrected chi connectivity index (χ2v) is 15.0. The van der Waals surface area contributed by atoms with Crippen LogP contribution in [0, 0.1) is 0 Å². The van der Waals surface area contributed by atoms with Crippen LogP contribution in [0.4, 0.5) is 0 Å². The monoisotopic (exact) mass is 716 g/mol. The van der Waals surface area contributed by atoms with Crippen molar-refractivity contribution >= 4 is 13.8 Å². The van der Waals surface area contributed by atoms with Gasteiger partial charge < -0.3 is 20.1 Å². The molecular formula is C40H78NO7P. The molecule has 0 aliphatic carbocycles. The van der Waals surface area contributed by atoms with Crippen molar-refractivity contribution in [3.8, 4) is 0 Å². The lowest BCUT2D eigenvalue weighted by atomic mass is 10.1. The van der Waals surface area contributed by atoms with Gasteiger partial charge in [-0.1, -0.05) is 160 Å². The molecule has 2 atom stereocenters. The maximum Gasteiger partial charge on any atom is 0.472 e. The van der Waals surface area contributed by atoms with E-state index in [2.05, 4.69) is 38.2 Å². The first-order valence-electron chi connectivity index (χ1n) is 20.3. The van der Waals surface area contributed by atoms with E-state index in [1.807, 2.05) is 0 Å². The fraction of sp³-hybridized carbons (Fsp3) is 0.875. The van der Waals surface area contributed by atoms with Crippen LogP contribution in [0.1, 0.15) is 187 Å². The first-order valence-corrected chi connectivity index (χ1v) is 21.8. The quantitative estimate of drug-likeness (QED) is 0.0279. The van der Waals surface area contributed by atoms with Gasteiger partial charge in [0.2, 0.25) is 0 Å². The summed E-state index contributed by atoms with van der Waals surface area (Å²) in [5, 5.41) is 0. The lowest BCUT2D eigenvalue weighted by Gasteiger charge is -2.20. The summed E-state index contributed by atoms with van der Waals surface area (Å²) in [5.74, 6) is -0.333. The second kappa shape index (κ2) is 38.2. The molecule has 8 nitrogen and oxygen atoms in total. The highest BCUT2D eigenvalue weighted by Crippen LogP contribution is 2.43. The summed E-state index contributed by atoms with van der Waals surface area (Å²) in [4.78, 5) is 22.3. The molecule has 0 fully saturated rings. The Morgan fingerprint density at radius 2 is 1.08 bits per heavy atom. The van der Waals surface area contributed by atoms with E-state index in [9.17, 15) is 14.3 Å². The minimum absolute atomic E-state index is 0.0942. The molecule has 0 radical (unpaired) electrons. The van der Waals surface area contributed by atoms with Crippen LogP contribution < -0.4 is 5.73 Å². The zero-order valence-electron chi connectivity index (χ0n) is 31.9. The van der Waals surface area contributed by atoms with E-state index < -0.39 is 13.9 Å². The number of hydrogen-bond donors (Lipinski definition) is 2. The fourth-order valence-electron chi connectivity index (χ4n) is 5.61. The number of allylic oxidation sites excluding steroid dienone is 4. The van der Waals surface area contributed by atoms with Gasteiger partial charge in [-0.2, -0.15) is 0 Å². The summed E-state index contributed by atoms with van der Waals surface area (Å²) in [5.41, 5.74) is 5.35. The zero-order chi connectivity index (χ0) is 35.9. The summed E-state index contributed by atoms with van der Waals surface area (Å²) >= 11 is 0. The van der Waals surface area contributed by atoms with Crippen LogP contribution in [0.2, 0.25) is 0 Å². The first kappa shape index (κ1) is 48.0. The van der Waals surface area contributed by atoms with Gasteiger partial charge in [-0.25, -0.2) is 4.57 Å². The summed E-state index contributed by atoms with van der Waals surface area (Å²) < 4.78 is 33.3. The molecule has 0 heterocycles. The van der Waals surface area contributed by atoms with Crippen LogP contribution in [0.15, 0.2) is 24.3 Å². The van der Waals surface area contributed by atoms with Crippen LogP contribution in [-0.2, 0) is 27.9 Å². The van der Waals surface area contributed by atoms with Crippen molar-refractivity contribution in [2.24, 2.45) is 5.73 Å². The standard InChI is InChI=1S/C40H78NO7P/c1-3-5-7-9-11-13-15-16-17-18-19-20-21-22-23-24-26-28-30-32-35-45-37-39(38-47-49(43,44)46-36-34-41)48-40(42)33-31-29-27-25-14-12-10-8-6-4-2/h11,13,16-17,39H,3-10,12,14-15,18-38,41H2,1-2H3,(H,43,44)/b13-11-,17-16-. The zero-order valence-corrected chi connectivity index (χ0v) is 32.8. The number of nitrogens with two attached hydrogens (primary N) is 1. The Bertz CT molecular complexity index is 807. The number of carbonyl (C=O) groups excluding carboxylic acids is 1. The third-order valence-corrected chi connectivity index (χ3v) is 9.61. The van der Waals surface area contributed by atoms with Crippen molar-refractivity contribution in [3.05, 3.63) is 24.3 Å². The molecule has 0 spiro atoms. The van der Waals surface area contributed by atoms with Gasteiger partial charge in [0.05, 0.1) is 19.8 Å². The molecule has 0 saturated carbocycles. The average molecular weight is 716 g/mol. The largest absolute Gasteiger partial charge is 0.472 e. The maximum absolute atomic E-state index is 12.5. The summed E-state index contributed by atoms with van der Waals surface area (Å²) in [6.45, 7) is 4.89. The van der Waals surface area contributed by atoms with Crippen LogP contribution in [0.25, 0.3) is 0 Å². The number of rotatable bonds is 39. The van der Waals surface area contributed by atoms with Gasteiger partial charge in [-0.05, 0) is 44.9 Å². The number of ether oxygens (including phenoxy) is 2. The van der Waals surface area contributed by atoms with Gasteiger partial charge in [-0.3, -0.25) is 13.8 Å². The Morgan fingerprint density at radius 1 is 0.612 bits per heavy atom. The number of carbonyl (C=O) groups is 1.